The fourth-order valence-corrected chi connectivity index (χ4v) is 2.03. The highest BCUT2D eigenvalue weighted by Gasteiger charge is 2.07. The topological polar surface area (TPSA) is 30.5 Å². The molecule has 2 aromatic carbocycles. The van der Waals surface area contributed by atoms with Gasteiger partial charge in [-0.05, 0) is 42.8 Å². The molecule has 106 valence electrons. The van der Waals surface area contributed by atoms with Crippen LogP contribution in [0.1, 0.15) is 18.1 Å². The largest absolute Gasteiger partial charge is 0.493 e. The number of nitrogens with one attached hydrogen (secondary N) is 1. The van der Waals surface area contributed by atoms with Crippen molar-refractivity contribution in [2.45, 2.75) is 20.4 Å². The average molecular weight is 271 g/mol. The number of rotatable bonds is 6. The van der Waals surface area contributed by atoms with Crippen molar-refractivity contribution in [3.8, 4) is 17.2 Å². The molecule has 0 spiro atoms. The molecule has 0 aliphatic rings. The van der Waals surface area contributed by atoms with Crippen LogP contribution >= 0.6 is 0 Å². The van der Waals surface area contributed by atoms with Crippen molar-refractivity contribution in [3.63, 3.8) is 0 Å². The number of para-hydroxylation sites is 2. The fourth-order valence-electron chi connectivity index (χ4n) is 2.03. The number of methoxy groups -OCH3 is 1. The zero-order valence-electron chi connectivity index (χ0n) is 12.3. The SMILES string of the molecule is CCNCc1ccc(Oc2ccccc2OC)c(C)c1. The van der Waals surface area contributed by atoms with E-state index in [1.807, 2.05) is 30.3 Å². The smallest absolute Gasteiger partial charge is 0.169 e. The lowest BCUT2D eigenvalue weighted by Gasteiger charge is -2.13. The van der Waals surface area contributed by atoms with E-state index in [0.29, 0.717) is 0 Å². The van der Waals surface area contributed by atoms with Crippen LogP contribution in [0.5, 0.6) is 17.2 Å². The summed E-state index contributed by atoms with van der Waals surface area (Å²) >= 11 is 0. The normalized spacial score (nSPS) is 10.3. The van der Waals surface area contributed by atoms with E-state index in [1.165, 1.54) is 5.56 Å². The lowest BCUT2D eigenvalue weighted by molar-refractivity contribution is 0.378. The van der Waals surface area contributed by atoms with Crippen LogP contribution in [0.25, 0.3) is 0 Å². The molecule has 0 aliphatic heterocycles. The van der Waals surface area contributed by atoms with Crippen LogP contribution in [-0.4, -0.2) is 13.7 Å². The maximum atomic E-state index is 5.95. The second-order valence-corrected chi connectivity index (χ2v) is 4.63. The predicted molar refractivity (Wildman–Crippen MR) is 81.6 cm³/mol. The lowest BCUT2D eigenvalue weighted by atomic mass is 10.1. The molecule has 2 rings (SSSR count). The standard InChI is InChI=1S/C17H21NO2/c1-4-18-12-14-9-10-15(13(2)11-14)20-17-8-6-5-7-16(17)19-3/h5-11,18H,4,12H2,1-3H3. The molecule has 0 atom stereocenters. The zero-order chi connectivity index (χ0) is 14.4. The van der Waals surface area contributed by atoms with Crippen LogP contribution in [0.2, 0.25) is 0 Å². The predicted octanol–water partition coefficient (Wildman–Crippen LogP) is 3.91. The van der Waals surface area contributed by atoms with Crippen molar-refractivity contribution in [1.82, 2.24) is 5.32 Å². The second kappa shape index (κ2) is 6.96. The average Bonchev–Trinajstić information content (AvgIpc) is 2.48. The van der Waals surface area contributed by atoms with Crippen molar-refractivity contribution < 1.29 is 9.47 Å². The highest BCUT2D eigenvalue weighted by Crippen LogP contribution is 2.32. The Morgan fingerprint density at radius 1 is 1.00 bits per heavy atom. The molecule has 0 amide bonds. The molecule has 20 heavy (non-hydrogen) atoms. The van der Waals surface area contributed by atoms with E-state index >= 15 is 0 Å². The molecule has 0 saturated carbocycles. The van der Waals surface area contributed by atoms with Crippen molar-refractivity contribution in [2.24, 2.45) is 0 Å². The summed E-state index contributed by atoms with van der Waals surface area (Å²) in [5.41, 5.74) is 2.38. The summed E-state index contributed by atoms with van der Waals surface area (Å²) in [7, 11) is 1.65. The van der Waals surface area contributed by atoms with E-state index in [4.69, 9.17) is 9.47 Å². The third-order valence-electron chi connectivity index (χ3n) is 3.11. The second-order valence-electron chi connectivity index (χ2n) is 4.63. The van der Waals surface area contributed by atoms with Crippen LogP contribution in [0.15, 0.2) is 42.5 Å². The van der Waals surface area contributed by atoms with Gasteiger partial charge in [0.15, 0.2) is 11.5 Å². The van der Waals surface area contributed by atoms with E-state index in [0.717, 1.165) is 35.9 Å². The lowest BCUT2D eigenvalue weighted by Crippen LogP contribution is -2.11. The van der Waals surface area contributed by atoms with Crippen LogP contribution in [0.4, 0.5) is 0 Å². The van der Waals surface area contributed by atoms with Gasteiger partial charge >= 0.3 is 0 Å². The van der Waals surface area contributed by atoms with Gasteiger partial charge < -0.3 is 14.8 Å². The van der Waals surface area contributed by atoms with Crippen molar-refractivity contribution in [2.75, 3.05) is 13.7 Å². The number of hydrogen-bond donors (Lipinski definition) is 1. The molecule has 0 aliphatic carbocycles. The van der Waals surface area contributed by atoms with Gasteiger partial charge in [-0.15, -0.1) is 0 Å². The maximum Gasteiger partial charge on any atom is 0.169 e. The van der Waals surface area contributed by atoms with Crippen molar-refractivity contribution in [1.29, 1.82) is 0 Å². The Bertz CT molecular complexity index is 567. The minimum Gasteiger partial charge on any atom is -0.493 e. The minimum atomic E-state index is 0.734. The van der Waals surface area contributed by atoms with Gasteiger partial charge in [-0.25, -0.2) is 0 Å². The first-order valence-corrected chi connectivity index (χ1v) is 6.85. The highest BCUT2D eigenvalue weighted by atomic mass is 16.5. The Labute approximate surface area is 120 Å². The summed E-state index contributed by atoms with van der Waals surface area (Å²) in [6.45, 7) is 6.01. The molecule has 3 heteroatoms. The molecular weight excluding hydrogens is 250 g/mol. The van der Waals surface area contributed by atoms with Gasteiger partial charge in [0.25, 0.3) is 0 Å². The van der Waals surface area contributed by atoms with Gasteiger partial charge in [0.1, 0.15) is 5.75 Å². The number of benzene rings is 2. The van der Waals surface area contributed by atoms with Crippen LogP contribution < -0.4 is 14.8 Å². The van der Waals surface area contributed by atoms with E-state index in [1.54, 1.807) is 7.11 Å². The van der Waals surface area contributed by atoms with E-state index < -0.39 is 0 Å². The highest BCUT2D eigenvalue weighted by molar-refractivity contribution is 5.45. The first-order valence-electron chi connectivity index (χ1n) is 6.85. The minimum absolute atomic E-state index is 0.734. The quantitative estimate of drug-likeness (QED) is 0.864. The Morgan fingerprint density at radius 3 is 2.40 bits per heavy atom. The first-order chi connectivity index (χ1) is 9.74. The number of hydrogen-bond acceptors (Lipinski definition) is 3. The molecule has 1 N–H and O–H groups in total. The number of ether oxygens (including phenoxy) is 2. The Hall–Kier alpha value is -2.00. The Balaban J connectivity index is 2.17. The van der Waals surface area contributed by atoms with E-state index in [-0.39, 0.29) is 0 Å². The molecule has 0 saturated heterocycles. The molecule has 0 fully saturated rings. The van der Waals surface area contributed by atoms with E-state index in [2.05, 4.69) is 31.3 Å². The maximum absolute atomic E-state index is 5.95. The first kappa shape index (κ1) is 14.4. The van der Waals surface area contributed by atoms with Gasteiger partial charge in [0.05, 0.1) is 7.11 Å². The third-order valence-corrected chi connectivity index (χ3v) is 3.11. The van der Waals surface area contributed by atoms with Crippen LogP contribution in [0, 0.1) is 6.92 Å². The number of aryl methyl sites for hydroxylation is 1. The van der Waals surface area contributed by atoms with Gasteiger partial charge in [-0.2, -0.15) is 0 Å². The van der Waals surface area contributed by atoms with Gasteiger partial charge in [0, 0.05) is 6.54 Å². The summed E-state index contributed by atoms with van der Waals surface area (Å²) in [5.74, 6) is 2.33. The van der Waals surface area contributed by atoms with Crippen molar-refractivity contribution >= 4 is 0 Å². The summed E-state index contributed by atoms with van der Waals surface area (Å²) < 4.78 is 11.2. The van der Waals surface area contributed by atoms with Gasteiger partial charge in [-0.3, -0.25) is 0 Å². The van der Waals surface area contributed by atoms with Crippen LogP contribution in [0.3, 0.4) is 0 Å². The molecule has 0 heterocycles. The summed E-state index contributed by atoms with van der Waals surface area (Å²) in [4.78, 5) is 0. The Morgan fingerprint density at radius 2 is 1.75 bits per heavy atom. The summed E-state index contributed by atoms with van der Waals surface area (Å²) in [6.07, 6.45) is 0. The zero-order valence-corrected chi connectivity index (χ0v) is 12.3. The molecular formula is C17H21NO2. The van der Waals surface area contributed by atoms with Crippen molar-refractivity contribution in [3.05, 3.63) is 53.6 Å². The molecule has 0 bridgehead atoms. The molecule has 3 nitrogen and oxygen atoms in total. The summed E-state index contributed by atoms with van der Waals surface area (Å²) in [6, 6.07) is 13.9. The molecule has 0 radical (unpaired) electrons. The van der Waals surface area contributed by atoms with E-state index in [9.17, 15) is 0 Å². The molecule has 0 aromatic heterocycles. The molecule has 0 unspecified atom stereocenters. The van der Waals surface area contributed by atoms with Gasteiger partial charge in [0.2, 0.25) is 0 Å². The van der Waals surface area contributed by atoms with Crippen LogP contribution in [-0.2, 0) is 6.54 Å². The van der Waals surface area contributed by atoms with Gasteiger partial charge in [-0.1, -0.05) is 31.2 Å². The monoisotopic (exact) mass is 271 g/mol. The fraction of sp³-hybridized carbons (Fsp3) is 0.294. The summed E-state index contributed by atoms with van der Waals surface area (Å²) in [5, 5.41) is 3.32. The Kier molecular flexibility index (Phi) is 5.02. The molecule has 2 aromatic rings. The third kappa shape index (κ3) is 3.52.